The summed E-state index contributed by atoms with van der Waals surface area (Å²) in [6, 6.07) is 9.97. The van der Waals surface area contributed by atoms with Crippen molar-refractivity contribution in [3.63, 3.8) is 0 Å². The van der Waals surface area contributed by atoms with Crippen molar-refractivity contribution in [1.82, 2.24) is 9.88 Å². The predicted octanol–water partition coefficient (Wildman–Crippen LogP) is 2.35. The van der Waals surface area contributed by atoms with Gasteiger partial charge in [0.15, 0.2) is 0 Å². The molecule has 0 atom stereocenters. The van der Waals surface area contributed by atoms with E-state index in [9.17, 15) is 0 Å². The quantitative estimate of drug-likeness (QED) is 0.792. The van der Waals surface area contributed by atoms with Gasteiger partial charge >= 0.3 is 0 Å². The largest absolute Gasteiger partial charge is 0.376 e. The number of aliphatic hydroxyl groups excluding tert-OH is 1. The highest BCUT2D eigenvalue weighted by atomic mass is 16.3. The molecule has 0 saturated carbocycles. The Morgan fingerprint density at radius 2 is 1.82 bits per heavy atom. The van der Waals surface area contributed by atoms with Crippen LogP contribution in [0.2, 0.25) is 0 Å². The molecule has 1 fully saturated rings. The number of hydrogen-bond acceptors (Lipinski definition) is 2. The molecule has 1 aromatic carbocycles. The minimum atomic E-state index is 0.0491. The van der Waals surface area contributed by atoms with E-state index in [2.05, 4.69) is 5.32 Å². The maximum absolute atomic E-state index is 8.89. The number of nitrogens with zero attached hydrogens (tertiary/aromatic N) is 1. The first-order chi connectivity index (χ1) is 8.42. The third-order valence-electron chi connectivity index (χ3n) is 3.04. The number of nitrogens with one attached hydrogen (secondary N) is 1. The summed E-state index contributed by atoms with van der Waals surface area (Å²) in [4.78, 5) is 0. The van der Waals surface area contributed by atoms with Gasteiger partial charge in [-0.15, -0.1) is 0 Å². The second kappa shape index (κ2) is 6.42. The summed E-state index contributed by atoms with van der Waals surface area (Å²) in [6.45, 7) is 2.55. The SMILES string of the molecule is C1CCNCC1.OCn1ccc2ccccc21. The van der Waals surface area contributed by atoms with Crippen LogP contribution >= 0.6 is 0 Å². The molecule has 1 saturated heterocycles. The summed E-state index contributed by atoms with van der Waals surface area (Å²) < 4.78 is 1.80. The number of hydrogen-bond donors (Lipinski definition) is 2. The Morgan fingerprint density at radius 1 is 1.06 bits per heavy atom. The van der Waals surface area contributed by atoms with Gasteiger partial charge in [0.1, 0.15) is 6.73 Å². The van der Waals surface area contributed by atoms with Crippen molar-refractivity contribution in [2.24, 2.45) is 0 Å². The highest BCUT2D eigenvalue weighted by Crippen LogP contribution is 2.13. The molecule has 0 bridgehead atoms. The fourth-order valence-corrected chi connectivity index (χ4v) is 2.07. The van der Waals surface area contributed by atoms with E-state index in [1.807, 2.05) is 36.5 Å². The normalized spacial score (nSPS) is 15.4. The standard InChI is InChI=1S/C9H9NO.C5H11N/c11-7-10-6-5-8-3-1-2-4-9(8)10;1-2-4-6-5-3-1/h1-6,11H,7H2;6H,1-5H2. The number of para-hydroxylation sites is 1. The topological polar surface area (TPSA) is 37.2 Å². The van der Waals surface area contributed by atoms with Gasteiger partial charge in [0.2, 0.25) is 0 Å². The lowest BCUT2D eigenvalue weighted by molar-refractivity contribution is 0.215. The second-order valence-electron chi connectivity index (χ2n) is 4.30. The third kappa shape index (κ3) is 3.32. The van der Waals surface area contributed by atoms with Crippen LogP contribution in [0.15, 0.2) is 36.5 Å². The average Bonchev–Trinajstić information content (AvgIpc) is 2.84. The van der Waals surface area contributed by atoms with Crippen LogP contribution in [0.3, 0.4) is 0 Å². The van der Waals surface area contributed by atoms with Crippen LogP contribution in [-0.2, 0) is 6.73 Å². The lowest BCUT2D eigenvalue weighted by atomic mass is 10.2. The first kappa shape index (κ1) is 12.1. The first-order valence-corrected chi connectivity index (χ1v) is 6.27. The van der Waals surface area contributed by atoms with E-state index in [4.69, 9.17) is 5.11 Å². The molecule has 2 aromatic rings. The fraction of sp³-hybridized carbons (Fsp3) is 0.429. The van der Waals surface area contributed by atoms with E-state index >= 15 is 0 Å². The number of aliphatic hydroxyl groups is 1. The summed E-state index contributed by atoms with van der Waals surface area (Å²) in [7, 11) is 0. The molecule has 3 nitrogen and oxygen atoms in total. The van der Waals surface area contributed by atoms with Gasteiger partial charge in [-0.2, -0.15) is 0 Å². The summed E-state index contributed by atoms with van der Waals surface area (Å²) in [6.07, 6.45) is 6.09. The highest BCUT2D eigenvalue weighted by Gasteiger charge is 1.95. The molecule has 1 aliphatic rings. The average molecular weight is 232 g/mol. The predicted molar refractivity (Wildman–Crippen MR) is 70.9 cm³/mol. The van der Waals surface area contributed by atoms with E-state index in [-0.39, 0.29) is 6.73 Å². The smallest absolute Gasteiger partial charge is 0.119 e. The molecular weight excluding hydrogens is 212 g/mol. The molecule has 17 heavy (non-hydrogen) atoms. The Bertz CT molecular complexity index is 435. The van der Waals surface area contributed by atoms with Gasteiger partial charge in [0.25, 0.3) is 0 Å². The molecule has 1 aliphatic heterocycles. The maximum Gasteiger partial charge on any atom is 0.119 e. The van der Waals surface area contributed by atoms with Crippen molar-refractivity contribution in [3.05, 3.63) is 36.5 Å². The van der Waals surface area contributed by atoms with E-state index < -0.39 is 0 Å². The molecule has 0 unspecified atom stereocenters. The molecule has 3 rings (SSSR count). The molecule has 0 aliphatic carbocycles. The Kier molecular flexibility index (Phi) is 4.59. The minimum Gasteiger partial charge on any atom is -0.376 e. The van der Waals surface area contributed by atoms with E-state index in [1.54, 1.807) is 4.57 Å². The van der Waals surface area contributed by atoms with Crippen LogP contribution in [0, 0.1) is 0 Å². The number of fused-ring (bicyclic) bond motifs is 1. The molecule has 0 amide bonds. The number of piperidine rings is 1. The Morgan fingerprint density at radius 3 is 2.41 bits per heavy atom. The molecule has 3 heteroatoms. The van der Waals surface area contributed by atoms with Gasteiger partial charge in [-0.05, 0) is 43.5 Å². The monoisotopic (exact) mass is 232 g/mol. The summed E-state index contributed by atoms with van der Waals surface area (Å²) in [5.74, 6) is 0. The van der Waals surface area contributed by atoms with Crippen molar-refractivity contribution in [2.75, 3.05) is 13.1 Å². The summed E-state index contributed by atoms with van der Waals surface area (Å²) in [5.41, 5.74) is 1.08. The molecule has 1 aromatic heterocycles. The second-order valence-corrected chi connectivity index (χ2v) is 4.30. The minimum absolute atomic E-state index is 0.0491. The zero-order valence-electron chi connectivity index (χ0n) is 10.1. The zero-order chi connectivity index (χ0) is 11.9. The van der Waals surface area contributed by atoms with Crippen LogP contribution in [0.4, 0.5) is 0 Å². The van der Waals surface area contributed by atoms with Crippen molar-refractivity contribution in [2.45, 2.75) is 26.0 Å². The van der Waals surface area contributed by atoms with Crippen LogP contribution in [0.1, 0.15) is 19.3 Å². The van der Waals surface area contributed by atoms with Gasteiger partial charge < -0.3 is 15.0 Å². The van der Waals surface area contributed by atoms with Crippen molar-refractivity contribution < 1.29 is 5.11 Å². The van der Waals surface area contributed by atoms with Gasteiger partial charge in [-0.25, -0.2) is 0 Å². The first-order valence-electron chi connectivity index (χ1n) is 6.27. The summed E-state index contributed by atoms with van der Waals surface area (Å²) >= 11 is 0. The van der Waals surface area contributed by atoms with E-state index in [0.29, 0.717) is 0 Å². The Hall–Kier alpha value is -1.32. The number of rotatable bonds is 1. The molecule has 2 heterocycles. The maximum atomic E-state index is 8.89. The van der Waals surface area contributed by atoms with Crippen LogP contribution in [0.5, 0.6) is 0 Å². The van der Waals surface area contributed by atoms with Gasteiger partial charge in [-0.1, -0.05) is 24.6 Å². The molecule has 2 N–H and O–H groups in total. The van der Waals surface area contributed by atoms with Gasteiger partial charge in [-0.3, -0.25) is 0 Å². The van der Waals surface area contributed by atoms with Gasteiger partial charge in [0.05, 0.1) is 0 Å². The Balaban J connectivity index is 0.000000153. The van der Waals surface area contributed by atoms with Crippen molar-refractivity contribution in [3.8, 4) is 0 Å². The molecule has 0 radical (unpaired) electrons. The Labute approximate surface area is 102 Å². The number of benzene rings is 1. The third-order valence-corrected chi connectivity index (χ3v) is 3.04. The molecule has 0 spiro atoms. The van der Waals surface area contributed by atoms with Crippen LogP contribution < -0.4 is 5.32 Å². The van der Waals surface area contributed by atoms with Crippen molar-refractivity contribution >= 4 is 10.9 Å². The highest BCUT2D eigenvalue weighted by molar-refractivity contribution is 5.79. The lowest BCUT2D eigenvalue weighted by Gasteiger charge is -2.08. The summed E-state index contributed by atoms with van der Waals surface area (Å²) in [5, 5.41) is 13.3. The molecular formula is C14H20N2O. The van der Waals surface area contributed by atoms with E-state index in [0.717, 1.165) is 5.52 Å². The van der Waals surface area contributed by atoms with Gasteiger partial charge in [0, 0.05) is 11.7 Å². The van der Waals surface area contributed by atoms with E-state index in [1.165, 1.54) is 37.7 Å². The molecule has 92 valence electrons. The zero-order valence-corrected chi connectivity index (χ0v) is 10.1. The van der Waals surface area contributed by atoms with Crippen LogP contribution in [-0.4, -0.2) is 22.8 Å². The van der Waals surface area contributed by atoms with Crippen molar-refractivity contribution in [1.29, 1.82) is 0 Å². The lowest BCUT2D eigenvalue weighted by Crippen LogP contribution is -2.21. The fourth-order valence-electron chi connectivity index (χ4n) is 2.07. The number of aromatic nitrogens is 1. The van der Waals surface area contributed by atoms with Crippen LogP contribution in [0.25, 0.3) is 10.9 Å².